The molecular formula is C10H19F3N2. The fourth-order valence-electron chi connectivity index (χ4n) is 1.90. The van der Waals surface area contributed by atoms with Crippen LogP contribution in [0.1, 0.15) is 26.2 Å². The van der Waals surface area contributed by atoms with Gasteiger partial charge in [-0.3, -0.25) is 0 Å². The number of hydrogen-bond donors (Lipinski definition) is 1. The first-order valence-electron chi connectivity index (χ1n) is 5.48. The molecule has 5 heteroatoms. The predicted octanol–water partition coefficient (Wildman–Crippen LogP) is 2.00. The number of hydrogen-bond acceptors (Lipinski definition) is 2. The molecule has 0 aromatic heterocycles. The van der Waals surface area contributed by atoms with E-state index in [4.69, 9.17) is 5.73 Å². The van der Waals surface area contributed by atoms with Gasteiger partial charge in [-0.05, 0) is 32.4 Å². The Bertz CT molecular complexity index is 186. The molecule has 1 heterocycles. The quantitative estimate of drug-likeness (QED) is 0.794. The highest BCUT2D eigenvalue weighted by molar-refractivity contribution is 4.78. The van der Waals surface area contributed by atoms with Crippen LogP contribution >= 0.6 is 0 Å². The van der Waals surface area contributed by atoms with Crippen molar-refractivity contribution in [3.05, 3.63) is 0 Å². The van der Waals surface area contributed by atoms with Gasteiger partial charge in [0.1, 0.15) is 0 Å². The van der Waals surface area contributed by atoms with Crippen LogP contribution in [0.25, 0.3) is 0 Å². The lowest BCUT2D eigenvalue weighted by Crippen LogP contribution is -2.44. The molecule has 90 valence electrons. The van der Waals surface area contributed by atoms with Crippen LogP contribution in [-0.4, -0.2) is 36.8 Å². The van der Waals surface area contributed by atoms with Crippen LogP contribution in [0.3, 0.4) is 0 Å². The topological polar surface area (TPSA) is 29.3 Å². The lowest BCUT2D eigenvalue weighted by atomic mass is 9.96. The van der Waals surface area contributed by atoms with E-state index in [1.165, 1.54) is 0 Å². The maximum absolute atomic E-state index is 12.4. The van der Waals surface area contributed by atoms with E-state index >= 15 is 0 Å². The second-order valence-electron chi connectivity index (χ2n) is 4.28. The summed E-state index contributed by atoms with van der Waals surface area (Å²) in [7, 11) is 0. The highest BCUT2D eigenvalue weighted by Crippen LogP contribution is 2.33. The lowest BCUT2D eigenvalue weighted by Gasteiger charge is -2.34. The third kappa shape index (κ3) is 3.99. The van der Waals surface area contributed by atoms with E-state index in [0.29, 0.717) is 13.1 Å². The Kier molecular flexibility index (Phi) is 4.40. The van der Waals surface area contributed by atoms with Gasteiger partial charge in [0.05, 0.1) is 5.92 Å². The molecule has 2 nitrogen and oxygen atoms in total. The zero-order valence-electron chi connectivity index (χ0n) is 9.06. The molecule has 1 aliphatic heterocycles. The first-order valence-corrected chi connectivity index (χ1v) is 5.48. The first kappa shape index (κ1) is 12.8. The van der Waals surface area contributed by atoms with Gasteiger partial charge in [-0.25, -0.2) is 0 Å². The highest BCUT2D eigenvalue weighted by Gasteiger charge is 2.40. The summed E-state index contributed by atoms with van der Waals surface area (Å²) in [6.07, 6.45) is -2.70. The summed E-state index contributed by atoms with van der Waals surface area (Å²) in [4.78, 5) is 2.04. The molecule has 0 spiro atoms. The molecule has 1 fully saturated rings. The van der Waals surface area contributed by atoms with E-state index in [2.05, 4.69) is 0 Å². The second-order valence-corrected chi connectivity index (χ2v) is 4.28. The van der Waals surface area contributed by atoms with Crippen LogP contribution in [0, 0.1) is 5.92 Å². The fraction of sp³-hybridized carbons (Fsp3) is 1.00. The van der Waals surface area contributed by atoms with Crippen molar-refractivity contribution in [2.75, 3.05) is 19.6 Å². The molecule has 15 heavy (non-hydrogen) atoms. The maximum Gasteiger partial charge on any atom is 0.391 e. The molecule has 1 unspecified atom stereocenters. The standard InChI is InChI=1S/C10H19F3N2/c1-2-9(14)7-15-5-3-8(4-6-15)10(11,12)13/h8-9H,2-7,14H2,1H3. The molecule has 2 N–H and O–H groups in total. The largest absolute Gasteiger partial charge is 0.391 e. The van der Waals surface area contributed by atoms with Crippen molar-refractivity contribution in [1.29, 1.82) is 0 Å². The minimum Gasteiger partial charge on any atom is -0.327 e. The monoisotopic (exact) mass is 224 g/mol. The number of piperidine rings is 1. The van der Waals surface area contributed by atoms with Crippen LogP contribution < -0.4 is 5.73 Å². The van der Waals surface area contributed by atoms with Crippen molar-refractivity contribution >= 4 is 0 Å². The number of nitrogens with zero attached hydrogens (tertiary/aromatic N) is 1. The molecule has 0 bridgehead atoms. The Balaban J connectivity index is 2.30. The molecule has 0 aliphatic carbocycles. The van der Waals surface area contributed by atoms with Crippen molar-refractivity contribution in [3.63, 3.8) is 0 Å². The van der Waals surface area contributed by atoms with E-state index in [0.717, 1.165) is 13.0 Å². The van der Waals surface area contributed by atoms with Crippen molar-refractivity contribution in [1.82, 2.24) is 4.90 Å². The Morgan fingerprint density at radius 3 is 2.27 bits per heavy atom. The summed E-state index contributed by atoms with van der Waals surface area (Å²) >= 11 is 0. The van der Waals surface area contributed by atoms with Crippen LogP contribution in [0.15, 0.2) is 0 Å². The minimum absolute atomic E-state index is 0.0902. The van der Waals surface area contributed by atoms with Crippen LogP contribution in [-0.2, 0) is 0 Å². The average Bonchev–Trinajstić information content (AvgIpc) is 2.17. The maximum atomic E-state index is 12.4. The van der Waals surface area contributed by atoms with E-state index in [9.17, 15) is 13.2 Å². The van der Waals surface area contributed by atoms with Crippen molar-refractivity contribution in [2.24, 2.45) is 11.7 Å². The second kappa shape index (κ2) is 5.16. The zero-order valence-corrected chi connectivity index (χ0v) is 9.06. The first-order chi connectivity index (χ1) is 6.93. The van der Waals surface area contributed by atoms with Crippen molar-refractivity contribution in [3.8, 4) is 0 Å². The van der Waals surface area contributed by atoms with Gasteiger partial charge in [0, 0.05) is 12.6 Å². The zero-order chi connectivity index (χ0) is 11.5. The van der Waals surface area contributed by atoms with Gasteiger partial charge in [0.15, 0.2) is 0 Å². The Hall–Kier alpha value is -0.290. The van der Waals surface area contributed by atoms with E-state index in [1.54, 1.807) is 0 Å². The number of rotatable bonds is 3. The minimum atomic E-state index is -4.01. The van der Waals surface area contributed by atoms with Gasteiger partial charge >= 0.3 is 6.18 Å². The van der Waals surface area contributed by atoms with Crippen molar-refractivity contribution in [2.45, 2.75) is 38.4 Å². The molecule has 0 saturated carbocycles. The lowest BCUT2D eigenvalue weighted by molar-refractivity contribution is -0.185. The third-order valence-corrected chi connectivity index (χ3v) is 3.07. The van der Waals surface area contributed by atoms with Crippen LogP contribution in [0.4, 0.5) is 13.2 Å². The summed E-state index contributed by atoms with van der Waals surface area (Å²) in [5, 5.41) is 0. The molecule has 0 radical (unpaired) electrons. The van der Waals surface area contributed by atoms with E-state index in [1.807, 2.05) is 11.8 Å². The van der Waals surface area contributed by atoms with Crippen LogP contribution in [0.5, 0.6) is 0 Å². The average molecular weight is 224 g/mol. The van der Waals surface area contributed by atoms with Gasteiger partial charge in [0.2, 0.25) is 0 Å². The molecule has 1 saturated heterocycles. The molecule has 0 amide bonds. The summed E-state index contributed by atoms with van der Waals surface area (Å²) in [6.45, 7) is 3.77. The fourth-order valence-corrected chi connectivity index (χ4v) is 1.90. The van der Waals surface area contributed by atoms with Gasteiger partial charge < -0.3 is 10.6 Å². The Morgan fingerprint density at radius 2 is 1.87 bits per heavy atom. The SMILES string of the molecule is CCC(N)CN1CCC(C(F)(F)F)CC1. The van der Waals surface area contributed by atoms with Gasteiger partial charge in [-0.1, -0.05) is 6.92 Å². The highest BCUT2D eigenvalue weighted by atomic mass is 19.4. The molecule has 0 aromatic carbocycles. The van der Waals surface area contributed by atoms with E-state index < -0.39 is 12.1 Å². The van der Waals surface area contributed by atoms with Gasteiger partial charge in [-0.2, -0.15) is 13.2 Å². The number of alkyl halides is 3. The van der Waals surface area contributed by atoms with E-state index in [-0.39, 0.29) is 18.9 Å². The smallest absolute Gasteiger partial charge is 0.327 e. The Morgan fingerprint density at radius 1 is 1.33 bits per heavy atom. The van der Waals surface area contributed by atoms with Gasteiger partial charge in [-0.15, -0.1) is 0 Å². The number of halogens is 3. The Labute approximate surface area is 88.6 Å². The summed E-state index contributed by atoms with van der Waals surface area (Å²) in [5.74, 6) is -1.10. The summed E-state index contributed by atoms with van der Waals surface area (Å²) in [5.41, 5.74) is 5.76. The van der Waals surface area contributed by atoms with Gasteiger partial charge in [0.25, 0.3) is 0 Å². The third-order valence-electron chi connectivity index (χ3n) is 3.07. The molecule has 1 rings (SSSR count). The molecule has 1 atom stereocenters. The molecular weight excluding hydrogens is 205 g/mol. The number of nitrogens with two attached hydrogens (primary N) is 1. The predicted molar refractivity (Wildman–Crippen MR) is 53.5 cm³/mol. The summed E-state index contributed by atoms with van der Waals surface area (Å²) < 4.78 is 37.1. The normalized spacial score (nSPS) is 23.0. The molecule has 1 aliphatic rings. The number of likely N-dealkylation sites (tertiary alicyclic amines) is 1. The van der Waals surface area contributed by atoms with Crippen LogP contribution in [0.2, 0.25) is 0 Å². The molecule has 0 aromatic rings. The summed E-state index contributed by atoms with van der Waals surface area (Å²) in [6, 6.07) is 0.0902. The van der Waals surface area contributed by atoms with Crippen molar-refractivity contribution < 1.29 is 13.2 Å².